The third kappa shape index (κ3) is 3.04. The summed E-state index contributed by atoms with van der Waals surface area (Å²) >= 11 is 0. The van der Waals surface area contributed by atoms with Crippen LogP contribution in [-0.4, -0.2) is 27.3 Å². The highest BCUT2D eigenvalue weighted by Crippen LogP contribution is 2.24. The number of fused-ring (bicyclic) bond motifs is 1. The van der Waals surface area contributed by atoms with Crippen molar-refractivity contribution in [2.75, 3.05) is 6.54 Å². The maximum Gasteiger partial charge on any atom is 0.256 e. The van der Waals surface area contributed by atoms with Gasteiger partial charge in [0.1, 0.15) is 5.82 Å². The summed E-state index contributed by atoms with van der Waals surface area (Å²) < 4.78 is 0. The molecule has 1 atom stereocenters. The van der Waals surface area contributed by atoms with E-state index in [1.807, 2.05) is 37.3 Å². The number of aromatic amines is 1. The van der Waals surface area contributed by atoms with Gasteiger partial charge in [0.2, 0.25) is 5.91 Å². The van der Waals surface area contributed by atoms with E-state index >= 15 is 0 Å². The average Bonchev–Trinajstić information content (AvgIpc) is 2.56. The standard InChI is InChI=1S/C18H21N3O2/c1-3-14(13-7-5-4-6-8-13)18(23)21-10-9-16-15(11-21)17(22)20-12(2)19-16/h4-8,14H,3,9-11H2,1-2H3,(H,19,20,22). The highest BCUT2D eigenvalue weighted by atomic mass is 16.2. The largest absolute Gasteiger partial charge is 0.337 e. The lowest BCUT2D eigenvalue weighted by molar-refractivity contribution is -0.133. The minimum atomic E-state index is -0.157. The number of carbonyl (C=O) groups excluding carboxylic acids is 1. The van der Waals surface area contributed by atoms with Crippen molar-refractivity contribution in [1.82, 2.24) is 14.9 Å². The quantitative estimate of drug-likeness (QED) is 0.944. The molecule has 1 aliphatic rings. The molecule has 0 radical (unpaired) electrons. The third-order valence-electron chi connectivity index (χ3n) is 4.41. The number of benzene rings is 1. The minimum absolute atomic E-state index is 0.0873. The highest BCUT2D eigenvalue weighted by Gasteiger charge is 2.29. The first-order valence-corrected chi connectivity index (χ1v) is 8.02. The summed E-state index contributed by atoms with van der Waals surface area (Å²) in [6.45, 7) is 4.76. The van der Waals surface area contributed by atoms with Gasteiger partial charge in [-0.05, 0) is 18.9 Å². The van der Waals surface area contributed by atoms with Crippen LogP contribution in [0.4, 0.5) is 0 Å². The van der Waals surface area contributed by atoms with Gasteiger partial charge in [0.15, 0.2) is 0 Å². The number of nitrogens with one attached hydrogen (secondary N) is 1. The molecule has 5 heteroatoms. The SMILES string of the molecule is CCC(C(=O)N1CCc2nc(C)[nH]c(=O)c2C1)c1ccccc1. The van der Waals surface area contributed by atoms with Crippen molar-refractivity contribution in [2.24, 2.45) is 0 Å². The summed E-state index contributed by atoms with van der Waals surface area (Å²) in [4.78, 5) is 34.0. The molecule has 2 aromatic rings. The Morgan fingerprint density at radius 1 is 1.35 bits per heavy atom. The predicted octanol–water partition coefficient (Wildman–Crippen LogP) is 2.16. The number of nitrogens with zero attached hydrogens (tertiary/aromatic N) is 2. The molecule has 0 saturated heterocycles. The second-order valence-electron chi connectivity index (χ2n) is 5.96. The van der Waals surface area contributed by atoms with Crippen LogP contribution in [0.2, 0.25) is 0 Å². The fourth-order valence-corrected chi connectivity index (χ4v) is 3.20. The van der Waals surface area contributed by atoms with E-state index in [0.717, 1.165) is 17.7 Å². The number of H-pyrrole nitrogens is 1. The Hall–Kier alpha value is -2.43. The molecular formula is C18H21N3O2. The van der Waals surface area contributed by atoms with Gasteiger partial charge in [-0.1, -0.05) is 37.3 Å². The molecule has 0 saturated carbocycles. The summed E-state index contributed by atoms with van der Waals surface area (Å²) in [7, 11) is 0. The number of hydrogen-bond donors (Lipinski definition) is 1. The van der Waals surface area contributed by atoms with E-state index in [-0.39, 0.29) is 17.4 Å². The van der Waals surface area contributed by atoms with Crippen molar-refractivity contribution in [3.05, 3.63) is 63.3 Å². The predicted molar refractivity (Wildman–Crippen MR) is 88.2 cm³/mol. The molecule has 1 aliphatic heterocycles. The summed E-state index contributed by atoms with van der Waals surface area (Å²) in [6, 6.07) is 9.83. The smallest absolute Gasteiger partial charge is 0.256 e. The first-order chi connectivity index (χ1) is 11.1. The topological polar surface area (TPSA) is 66.1 Å². The molecule has 1 N–H and O–H groups in total. The molecule has 5 nitrogen and oxygen atoms in total. The third-order valence-corrected chi connectivity index (χ3v) is 4.41. The Morgan fingerprint density at radius 2 is 2.09 bits per heavy atom. The second-order valence-corrected chi connectivity index (χ2v) is 5.96. The molecule has 0 spiro atoms. The lowest BCUT2D eigenvalue weighted by Gasteiger charge is -2.31. The van der Waals surface area contributed by atoms with Crippen LogP contribution in [0.3, 0.4) is 0 Å². The van der Waals surface area contributed by atoms with Crippen molar-refractivity contribution in [3.63, 3.8) is 0 Å². The van der Waals surface area contributed by atoms with Crippen LogP contribution in [0.15, 0.2) is 35.1 Å². The van der Waals surface area contributed by atoms with E-state index in [1.54, 1.807) is 11.8 Å². The maximum absolute atomic E-state index is 12.9. The second kappa shape index (κ2) is 6.36. The van der Waals surface area contributed by atoms with E-state index < -0.39 is 0 Å². The van der Waals surface area contributed by atoms with E-state index in [9.17, 15) is 9.59 Å². The molecule has 0 bridgehead atoms. The molecule has 2 heterocycles. The summed E-state index contributed by atoms with van der Waals surface area (Å²) in [5.41, 5.74) is 2.35. The molecule has 1 unspecified atom stereocenters. The zero-order chi connectivity index (χ0) is 16.4. The molecule has 23 heavy (non-hydrogen) atoms. The number of hydrogen-bond acceptors (Lipinski definition) is 3. The van der Waals surface area contributed by atoms with Crippen LogP contribution >= 0.6 is 0 Å². The van der Waals surface area contributed by atoms with Gasteiger partial charge < -0.3 is 9.88 Å². The summed E-state index contributed by atoms with van der Waals surface area (Å²) in [6.07, 6.45) is 1.38. The van der Waals surface area contributed by atoms with Gasteiger partial charge in [0.25, 0.3) is 5.56 Å². The van der Waals surface area contributed by atoms with E-state index in [4.69, 9.17) is 0 Å². The highest BCUT2D eigenvalue weighted by molar-refractivity contribution is 5.84. The van der Waals surface area contributed by atoms with Crippen LogP contribution in [0.25, 0.3) is 0 Å². The number of rotatable bonds is 3. The van der Waals surface area contributed by atoms with Crippen LogP contribution in [0.5, 0.6) is 0 Å². The van der Waals surface area contributed by atoms with Gasteiger partial charge in [0.05, 0.1) is 23.7 Å². The molecule has 1 amide bonds. The number of aryl methyl sites for hydroxylation is 1. The Bertz CT molecular complexity index is 768. The van der Waals surface area contributed by atoms with Gasteiger partial charge in [-0.15, -0.1) is 0 Å². The van der Waals surface area contributed by atoms with Crippen LogP contribution < -0.4 is 5.56 Å². The number of carbonyl (C=O) groups is 1. The lowest BCUT2D eigenvalue weighted by Crippen LogP contribution is -2.41. The zero-order valence-electron chi connectivity index (χ0n) is 13.5. The van der Waals surface area contributed by atoms with Gasteiger partial charge in [-0.2, -0.15) is 0 Å². The molecule has 120 valence electrons. The van der Waals surface area contributed by atoms with Gasteiger partial charge in [-0.25, -0.2) is 4.98 Å². The lowest BCUT2D eigenvalue weighted by atomic mass is 9.94. The zero-order valence-corrected chi connectivity index (χ0v) is 13.5. The molecule has 0 aliphatic carbocycles. The Morgan fingerprint density at radius 3 is 2.78 bits per heavy atom. The van der Waals surface area contributed by atoms with Crippen molar-refractivity contribution in [1.29, 1.82) is 0 Å². The van der Waals surface area contributed by atoms with Gasteiger partial charge >= 0.3 is 0 Å². The average molecular weight is 311 g/mol. The van der Waals surface area contributed by atoms with E-state index in [0.29, 0.717) is 30.9 Å². The molecule has 3 rings (SSSR count). The van der Waals surface area contributed by atoms with Crippen molar-refractivity contribution in [2.45, 2.75) is 39.2 Å². The first kappa shape index (κ1) is 15.5. The minimum Gasteiger partial charge on any atom is -0.337 e. The van der Waals surface area contributed by atoms with Crippen LogP contribution in [0, 0.1) is 6.92 Å². The fourth-order valence-electron chi connectivity index (χ4n) is 3.20. The molecule has 1 aromatic carbocycles. The Labute approximate surface area is 135 Å². The monoisotopic (exact) mass is 311 g/mol. The van der Waals surface area contributed by atoms with Crippen LogP contribution in [-0.2, 0) is 17.8 Å². The molecule has 0 fully saturated rings. The van der Waals surface area contributed by atoms with Crippen molar-refractivity contribution < 1.29 is 4.79 Å². The van der Waals surface area contributed by atoms with E-state index in [1.165, 1.54) is 0 Å². The van der Waals surface area contributed by atoms with Crippen molar-refractivity contribution in [3.8, 4) is 0 Å². The normalized spacial score (nSPS) is 15.1. The van der Waals surface area contributed by atoms with Crippen molar-refractivity contribution >= 4 is 5.91 Å². The number of aromatic nitrogens is 2. The summed E-state index contributed by atoms with van der Waals surface area (Å²) in [5, 5.41) is 0. The number of amides is 1. The van der Waals surface area contributed by atoms with E-state index in [2.05, 4.69) is 9.97 Å². The Balaban J connectivity index is 1.85. The maximum atomic E-state index is 12.9. The van der Waals surface area contributed by atoms with Gasteiger partial charge in [0, 0.05) is 13.0 Å². The summed E-state index contributed by atoms with van der Waals surface area (Å²) in [5.74, 6) is 0.559. The molecule has 1 aromatic heterocycles. The van der Waals surface area contributed by atoms with Crippen LogP contribution in [0.1, 0.15) is 41.9 Å². The fraction of sp³-hybridized carbons (Fsp3) is 0.389. The first-order valence-electron chi connectivity index (χ1n) is 8.02. The molecular weight excluding hydrogens is 290 g/mol. The Kier molecular flexibility index (Phi) is 4.28. The van der Waals surface area contributed by atoms with Gasteiger partial charge in [-0.3, -0.25) is 9.59 Å².